The molecule has 0 aromatic heterocycles. The van der Waals surface area contributed by atoms with E-state index in [1.165, 1.54) is 28.6 Å². The third kappa shape index (κ3) is 5.81. The van der Waals surface area contributed by atoms with E-state index in [9.17, 15) is 18.0 Å². The van der Waals surface area contributed by atoms with E-state index in [4.69, 9.17) is 0 Å². The van der Waals surface area contributed by atoms with Gasteiger partial charge in [-0.2, -0.15) is 4.31 Å². The van der Waals surface area contributed by atoms with Gasteiger partial charge in [-0.3, -0.25) is 9.59 Å². The first-order valence-electron chi connectivity index (χ1n) is 8.90. The molecule has 0 atom stereocenters. The van der Waals surface area contributed by atoms with Gasteiger partial charge in [0.2, 0.25) is 15.9 Å². The van der Waals surface area contributed by atoms with Gasteiger partial charge in [0.25, 0.3) is 5.91 Å². The van der Waals surface area contributed by atoms with Gasteiger partial charge >= 0.3 is 0 Å². The summed E-state index contributed by atoms with van der Waals surface area (Å²) >= 11 is 0. The van der Waals surface area contributed by atoms with Gasteiger partial charge in [0.05, 0.1) is 11.4 Å². The van der Waals surface area contributed by atoms with Crippen LogP contribution in [0.2, 0.25) is 0 Å². The fourth-order valence-electron chi connectivity index (χ4n) is 2.42. The predicted octanol–water partition coefficient (Wildman–Crippen LogP) is 1.71. The third-order valence-electron chi connectivity index (χ3n) is 4.11. The van der Waals surface area contributed by atoms with Gasteiger partial charge in [-0.05, 0) is 24.6 Å². The smallest absolute Gasteiger partial charge is 0.251 e. The Balaban J connectivity index is 2.82. The van der Waals surface area contributed by atoms with E-state index >= 15 is 0 Å². The predicted molar refractivity (Wildman–Crippen MR) is 101 cm³/mol. The number of sulfonamides is 1. The van der Waals surface area contributed by atoms with Crippen LogP contribution in [0.3, 0.4) is 0 Å². The normalized spacial score (nSPS) is 11.4. The molecule has 2 amide bonds. The molecule has 26 heavy (non-hydrogen) atoms. The Hall–Kier alpha value is -1.93. The van der Waals surface area contributed by atoms with Crippen LogP contribution in [0.1, 0.15) is 44.0 Å². The first kappa shape index (κ1) is 22.1. The van der Waals surface area contributed by atoms with Crippen LogP contribution in [-0.2, 0) is 14.8 Å². The van der Waals surface area contributed by atoms with Gasteiger partial charge < -0.3 is 10.2 Å². The number of hydrogen-bond donors (Lipinski definition) is 1. The maximum absolute atomic E-state index is 12.6. The van der Waals surface area contributed by atoms with Gasteiger partial charge in [0.1, 0.15) is 0 Å². The van der Waals surface area contributed by atoms with Crippen molar-refractivity contribution in [2.75, 3.05) is 33.2 Å². The molecule has 0 heterocycles. The molecule has 0 aliphatic carbocycles. The summed E-state index contributed by atoms with van der Waals surface area (Å²) in [6.07, 6.45) is 1.89. The molecule has 146 valence electrons. The minimum Gasteiger partial charge on any atom is -0.344 e. The number of carbonyl (C=O) groups excluding carboxylic acids is 2. The van der Waals surface area contributed by atoms with E-state index in [-0.39, 0.29) is 22.9 Å². The molecule has 0 fully saturated rings. The maximum Gasteiger partial charge on any atom is 0.251 e. The first-order chi connectivity index (χ1) is 12.3. The monoisotopic (exact) mass is 383 g/mol. The van der Waals surface area contributed by atoms with Crippen LogP contribution in [0.15, 0.2) is 29.2 Å². The molecular formula is C18H29N3O4S. The van der Waals surface area contributed by atoms with Crippen molar-refractivity contribution in [2.45, 2.75) is 38.5 Å². The Morgan fingerprint density at radius 1 is 1.12 bits per heavy atom. The lowest BCUT2D eigenvalue weighted by molar-refractivity contribution is -0.128. The summed E-state index contributed by atoms with van der Waals surface area (Å²) in [5.41, 5.74) is 0.210. The standard InChI is InChI=1S/C18H29N3O4S/c1-5-8-12-20(4)17(22)14-19-18(23)15-10-9-11-16(13-15)26(24,25)21(6-2)7-3/h9-11,13H,5-8,12,14H2,1-4H3,(H,19,23). The Bertz CT molecular complexity index is 715. The molecule has 0 spiro atoms. The van der Waals surface area contributed by atoms with Crippen LogP contribution >= 0.6 is 0 Å². The van der Waals surface area contributed by atoms with Crippen LogP contribution in [0, 0.1) is 0 Å². The van der Waals surface area contributed by atoms with Crippen LogP contribution in [0.25, 0.3) is 0 Å². The number of carbonyl (C=O) groups is 2. The third-order valence-corrected chi connectivity index (χ3v) is 6.16. The highest BCUT2D eigenvalue weighted by atomic mass is 32.2. The molecule has 0 radical (unpaired) electrons. The molecule has 1 rings (SSSR count). The quantitative estimate of drug-likeness (QED) is 0.666. The molecule has 1 aromatic rings. The fourth-order valence-corrected chi connectivity index (χ4v) is 3.93. The number of rotatable bonds is 10. The van der Waals surface area contributed by atoms with Gasteiger partial charge in [0.15, 0.2) is 0 Å². The van der Waals surface area contributed by atoms with Crippen molar-refractivity contribution in [2.24, 2.45) is 0 Å². The second kappa shape index (κ2) is 10.3. The van der Waals surface area contributed by atoms with Crippen molar-refractivity contribution in [1.29, 1.82) is 0 Å². The zero-order valence-electron chi connectivity index (χ0n) is 16.0. The van der Waals surface area contributed by atoms with Crippen molar-refractivity contribution >= 4 is 21.8 Å². The minimum absolute atomic E-state index is 0.0697. The minimum atomic E-state index is -3.63. The van der Waals surface area contributed by atoms with E-state index < -0.39 is 15.9 Å². The maximum atomic E-state index is 12.6. The van der Waals surface area contributed by atoms with Crippen LogP contribution in [0.5, 0.6) is 0 Å². The lowest BCUT2D eigenvalue weighted by Gasteiger charge is -2.19. The Labute approximate surface area is 156 Å². The van der Waals surface area contributed by atoms with Gasteiger partial charge in [-0.15, -0.1) is 0 Å². The molecule has 1 aromatic carbocycles. The largest absolute Gasteiger partial charge is 0.344 e. The lowest BCUT2D eigenvalue weighted by atomic mass is 10.2. The van der Waals surface area contributed by atoms with Crippen molar-refractivity contribution < 1.29 is 18.0 Å². The number of hydrogen-bond acceptors (Lipinski definition) is 4. The van der Waals surface area contributed by atoms with Crippen LogP contribution in [0.4, 0.5) is 0 Å². The number of amides is 2. The molecule has 0 bridgehead atoms. The molecule has 8 heteroatoms. The van der Waals surface area contributed by atoms with E-state index in [1.807, 2.05) is 6.92 Å². The highest BCUT2D eigenvalue weighted by Gasteiger charge is 2.22. The molecule has 0 saturated heterocycles. The number of likely N-dealkylation sites (N-methyl/N-ethyl adjacent to an activating group) is 1. The van der Waals surface area contributed by atoms with E-state index in [2.05, 4.69) is 5.32 Å². The topological polar surface area (TPSA) is 86.8 Å². The molecule has 0 unspecified atom stereocenters. The number of nitrogens with one attached hydrogen (secondary N) is 1. The number of nitrogens with zero attached hydrogens (tertiary/aromatic N) is 2. The van der Waals surface area contributed by atoms with Crippen LogP contribution in [-0.4, -0.2) is 62.7 Å². The molecule has 1 N–H and O–H groups in total. The zero-order valence-corrected chi connectivity index (χ0v) is 16.8. The molecule has 0 saturated carbocycles. The molecular weight excluding hydrogens is 354 g/mol. The van der Waals surface area contributed by atoms with Gasteiger partial charge in [-0.25, -0.2) is 8.42 Å². The van der Waals surface area contributed by atoms with Gasteiger partial charge in [-0.1, -0.05) is 33.3 Å². The summed E-state index contributed by atoms with van der Waals surface area (Å²) in [6.45, 7) is 6.80. The second-order valence-corrected chi connectivity index (χ2v) is 7.91. The average Bonchev–Trinajstić information content (AvgIpc) is 2.64. The van der Waals surface area contributed by atoms with E-state index in [0.717, 1.165) is 12.8 Å². The van der Waals surface area contributed by atoms with E-state index in [1.54, 1.807) is 25.8 Å². The Kier molecular flexibility index (Phi) is 8.74. The Morgan fingerprint density at radius 2 is 1.77 bits per heavy atom. The SMILES string of the molecule is CCCCN(C)C(=O)CNC(=O)c1cccc(S(=O)(=O)N(CC)CC)c1. The summed E-state index contributed by atoms with van der Waals surface area (Å²) in [6, 6.07) is 5.87. The highest BCUT2D eigenvalue weighted by molar-refractivity contribution is 7.89. The highest BCUT2D eigenvalue weighted by Crippen LogP contribution is 2.17. The molecule has 0 aliphatic rings. The average molecular weight is 384 g/mol. The fraction of sp³-hybridized carbons (Fsp3) is 0.556. The summed E-state index contributed by atoms with van der Waals surface area (Å²) < 4.78 is 26.4. The molecule has 7 nitrogen and oxygen atoms in total. The Morgan fingerprint density at radius 3 is 2.35 bits per heavy atom. The summed E-state index contributed by atoms with van der Waals surface area (Å²) in [7, 11) is -1.94. The zero-order chi connectivity index (χ0) is 19.7. The number of benzene rings is 1. The van der Waals surface area contributed by atoms with E-state index in [0.29, 0.717) is 19.6 Å². The van der Waals surface area contributed by atoms with Crippen LogP contribution < -0.4 is 5.32 Å². The van der Waals surface area contributed by atoms with Crippen molar-refractivity contribution in [1.82, 2.24) is 14.5 Å². The van der Waals surface area contributed by atoms with Gasteiger partial charge in [0, 0.05) is 32.2 Å². The summed E-state index contributed by atoms with van der Waals surface area (Å²) in [5, 5.41) is 2.55. The lowest BCUT2D eigenvalue weighted by Crippen LogP contribution is -2.38. The summed E-state index contributed by atoms with van der Waals surface area (Å²) in [4.78, 5) is 25.9. The molecule has 0 aliphatic heterocycles. The summed E-state index contributed by atoms with van der Waals surface area (Å²) in [5.74, 6) is -0.655. The second-order valence-electron chi connectivity index (χ2n) is 5.97. The van der Waals surface area contributed by atoms with Crippen molar-refractivity contribution in [3.05, 3.63) is 29.8 Å². The number of unbranched alkanes of at least 4 members (excludes halogenated alkanes) is 1. The van der Waals surface area contributed by atoms with Crippen molar-refractivity contribution in [3.8, 4) is 0 Å². The van der Waals surface area contributed by atoms with Crippen molar-refractivity contribution in [3.63, 3.8) is 0 Å². The first-order valence-corrected chi connectivity index (χ1v) is 10.3.